The van der Waals surface area contributed by atoms with Gasteiger partial charge in [-0.3, -0.25) is 0 Å². The van der Waals surface area contributed by atoms with E-state index in [1.165, 1.54) is 5.56 Å². The summed E-state index contributed by atoms with van der Waals surface area (Å²) in [6, 6.07) is 3.81. The number of anilines is 2. The molecule has 1 atom stereocenters. The number of fused-ring (bicyclic) bond motifs is 2. The number of hydrogen-bond donors (Lipinski definition) is 2. The summed E-state index contributed by atoms with van der Waals surface area (Å²) in [7, 11) is 3.18. The minimum atomic E-state index is 0.209. The lowest BCUT2D eigenvalue weighted by atomic mass is 9.93. The average Bonchev–Trinajstić information content (AvgIpc) is 2.67. The maximum Gasteiger partial charge on any atom is 0.225 e. The van der Waals surface area contributed by atoms with E-state index in [1.54, 1.807) is 20.3 Å². The molecule has 0 radical (unpaired) electrons. The van der Waals surface area contributed by atoms with Gasteiger partial charge in [-0.25, -0.2) is 15.0 Å². The molecule has 0 saturated carbocycles. The quantitative estimate of drug-likeness (QED) is 0.724. The molecule has 4 rings (SSSR count). The number of hydrogen-bond acceptors (Lipinski definition) is 8. The van der Waals surface area contributed by atoms with Gasteiger partial charge in [0.2, 0.25) is 5.95 Å². The highest BCUT2D eigenvalue weighted by atomic mass is 16.5. The van der Waals surface area contributed by atoms with Crippen LogP contribution in [0.1, 0.15) is 23.5 Å². The summed E-state index contributed by atoms with van der Waals surface area (Å²) < 4.78 is 10.7. The van der Waals surface area contributed by atoms with Crippen LogP contribution in [-0.4, -0.2) is 40.2 Å². The third-order valence-electron chi connectivity index (χ3n) is 4.83. The molecular weight excluding hydrogens is 344 g/mol. The van der Waals surface area contributed by atoms with Gasteiger partial charge < -0.3 is 20.5 Å². The van der Waals surface area contributed by atoms with Crippen molar-refractivity contribution in [2.75, 3.05) is 25.3 Å². The second kappa shape index (κ2) is 6.86. The molecule has 3 N–H and O–H groups in total. The molecule has 1 aliphatic carbocycles. The standard InChI is InChI=1S/C19H22N6O2/c1-10-21-9-11-6-12(4-5-14(11)22-10)23-19-24-15-8-17(27-3)16(26-2)7-13(15)18(20)25-19/h7-9,12H,4-6H2,1-3H3,(H3,20,23,24,25). The first-order valence-corrected chi connectivity index (χ1v) is 8.84. The van der Waals surface area contributed by atoms with Gasteiger partial charge in [0.25, 0.3) is 0 Å². The molecule has 3 aromatic rings. The second-order valence-corrected chi connectivity index (χ2v) is 6.63. The Balaban J connectivity index is 1.62. The smallest absolute Gasteiger partial charge is 0.225 e. The van der Waals surface area contributed by atoms with Crippen molar-refractivity contribution in [3.8, 4) is 11.5 Å². The van der Waals surface area contributed by atoms with E-state index in [-0.39, 0.29) is 6.04 Å². The summed E-state index contributed by atoms with van der Waals surface area (Å²) >= 11 is 0. The maximum atomic E-state index is 6.16. The Kier molecular flexibility index (Phi) is 4.39. The van der Waals surface area contributed by atoms with Gasteiger partial charge in [0.05, 0.1) is 19.7 Å². The van der Waals surface area contributed by atoms with Gasteiger partial charge in [-0.1, -0.05) is 0 Å². The first-order valence-electron chi connectivity index (χ1n) is 8.84. The zero-order valence-electron chi connectivity index (χ0n) is 15.6. The number of methoxy groups -OCH3 is 2. The van der Waals surface area contributed by atoms with E-state index >= 15 is 0 Å². The predicted octanol–water partition coefficient (Wildman–Crippen LogP) is 2.30. The molecule has 0 aliphatic heterocycles. The SMILES string of the molecule is COc1cc2nc(NC3CCc4nc(C)ncc4C3)nc(N)c2cc1OC. The van der Waals surface area contributed by atoms with Crippen LogP contribution in [-0.2, 0) is 12.8 Å². The van der Waals surface area contributed by atoms with Crippen molar-refractivity contribution >= 4 is 22.7 Å². The van der Waals surface area contributed by atoms with Crippen LogP contribution in [0.25, 0.3) is 10.9 Å². The van der Waals surface area contributed by atoms with Crippen molar-refractivity contribution in [2.45, 2.75) is 32.2 Å². The number of nitrogens with two attached hydrogens (primary N) is 1. The molecule has 2 aromatic heterocycles. The molecule has 2 heterocycles. The van der Waals surface area contributed by atoms with Gasteiger partial charge >= 0.3 is 0 Å². The summed E-state index contributed by atoms with van der Waals surface area (Å²) in [4.78, 5) is 17.9. The molecule has 0 fully saturated rings. The van der Waals surface area contributed by atoms with Crippen LogP contribution in [0.2, 0.25) is 0 Å². The Hall–Kier alpha value is -3.16. The number of ether oxygens (including phenoxy) is 2. The van der Waals surface area contributed by atoms with Gasteiger partial charge in [0, 0.05) is 29.4 Å². The molecule has 0 bridgehead atoms. The number of benzene rings is 1. The molecule has 1 unspecified atom stereocenters. The van der Waals surface area contributed by atoms with Crippen molar-refractivity contribution in [2.24, 2.45) is 0 Å². The van der Waals surface area contributed by atoms with E-state index in [4.69, 9.17) is 15.2 Å². The van der Waals surface area contributed by atoms with Gasteiger partial charge in [0.15, 0.2) is 11.5 Å². The molecule has 0 spiro atoms. The molecule has 140 valence electrons. The fourth-order valence-corrected chi connectivity index (χ4v) is 3.46. The lowest BCUT2D eigenvalue weighted by Crippen LogP contribution is -2.29. The van der Waals surface area contributed by atoms with Gasteiger partial charge in [-0.15, -0.1) is 0 Å². The lowest BCUT2D eigenvalue weighted by Gasteiger charge is -2.25. The molecule has 1 aromatic carbocycles. The average molecular weight is 366 g/mol. The highest BCUT2D eigenvalue weighted by Crippen LogP contribution is 2.34. The van der Waals surface area contributed by atoms with Crippen molar-refractivity contribution in [3.05, 3.63) is 35.4 Å². The van der Waals surface area contributed by atoms with Crippen molar-refractivity contribution in [3.63, 3.8) is 0 Å². The zero-order valence-corrected chi connectivity index (χ0v) is 15.6. The number of rotatable bonds is 4. The number of aryl methyl sites for hydroxylation is 2. The van der Waals surface area contributed by atoms with Crippen LogP contribution >= 0.6 is 0 Å². The molecule has 8 heteroatoms. The van der Waals surface area contributed by atoms with E-state index in [2.05, 4.69) is 25.3 Å². The van der Waals surface area contributed by atoms with Crippen molar-refractivity contribution in [1.29, 1.82) is 0 Å². The third kappa shape index (κ3) is 3.30. The molecule has 0 amide bonds. The number of nitrogens with one attached hydrogen (secondary N) is 1. The predicted molar refractivity (Wildman–Crippen MR) is 103 cm³/mol. The molecule has 27 heavy (non-hydrogen) atoms. The summed E-state index contributed by atoms with van der Waals surface area (Å²) in [5.74, 6) is 2.93. The Morgan fingerprint density at radius 2 is 1.89 bits per heavy atom. The van der Waals surface area contributed by atoms with Gasteiger partial charge in [0.1, 0.15) is 11.6 Å². The topological polar surface area (TPSA) is 108 Å². The fraction of sp³-hybridized carbons (Fsp3) is 0.368. The van der Waals surface area contributed by atoms with Crippen LogP contribution in [0.5, 0.6) is 11.5 Å². The monoisotopic (exact) mass is 366 g/mol. The summed E-state index contributed by atoms with van der Waals surface area (Å²) in [5, 5.41) is 4.14. The van der Waals surface area contributed by atoms with E-state index in [9.17, 15) is 0 Å². The minimum absolute atomic E-state index is 0.209. The van der Waals surface area contributed by atoms with Crippen LogP contribution in [0.4, 0.5) is 11.8 Å². The summed E-state index contributed by atoms with van der Waals surface area (Å²) in [5.41, 5.74) is 9.18. The summed E-state index contributed by atoms with van der Waals surface area (Å²) in [6.45, 7) is 1.92. The third-order valence-corrected chi connectivity index (χ3v) is 4.83. The minimum Gasteiger partial charge on any atom is -0.493 e. The van der Waals surface area contributed by atoms with E-state index in [1.807, 2.05) is 19.2 Å². The number of nitrogens with zero attached hydrogens (tertiary/aromatic N) is 4. The second-order valence-electron chi connectivity index (χ2n) is 6.63. The van der Waals surface area contributed by atoms with E-state index < -0.39 is 0 Å². The summed E-state index contributed by atoms with van der Waals surface area (Å²) in [6.07, 6.45) is 4.61. The molecule has 1 aliphatic rings. The molecular formula is C19H22N6O2. The number of aromatic nitrogens is 4. The van der Waals surface area contributed by atoms with Crippen LogP contribution in [0, 0.1) is 6.92 Å². The normalized spacial score (nSPS) is 16.0. The maximum absolute atomic E-state index is 6.16. The van der Waals surface area contributed by atoms with E-state index in [0.29, 0.717) is 28.8 Å². The Bertz CT molecular complexity index is 1010. The van der Waals surface area contributed by atoms with Gasteiger partial charge in [-0.2, -0.15) is 4.98 Å². The largest absolute Gasteiger partial charge is 0.493 e. The zero-order chi connectivity index (χ0) is 19.0. The van der Waals surface area contributed by atoms with Crippen LogP contribution in [0.15, 0.2) is 18.3 Å². The van der Waals surface area contributed by atoms with Crippen LogP contribution in [0.3, 0.4) is 0 Å². The van der Waals surface area contributed by atoms with Crippen molar-refractivity contribution in [1.82, 2.24) is 19.9 Å². The van der Waals surface area contributed by atoms with Crippen molar-refractivity contribution < 1.29 is 9.47 Å². The van der Waals surface area contributed by atoms with E-state index in [0.717, 1.165) is 36.2 Å². The molecule has 8 nitrogen and oxygen atoms in total. The van der Waals surface area contributed by atoms with Crippen LogP contribution < -0.4 is 20.5 Å². The molecule has 0 saturated heterocycles. The first kappa shape index (κ1) is 17.3. The highest BCUT2D eigenvalue weighted by Gasteiger charge is 2.21. The fourth-order valence-electron chi connectivity index (χ4n) is 3.46. The Morgan fingerprint density at radius 3 is 2.67 bits per heavy atom. The number of nitrogen functional groups attached to an aromatic ring is 1. The Labute approximate surface area is 157 Å². The Morgan fingerprint density at radius 1 is 1.11 bits per heavy atom. The highest BCUT2D eigenvalue weighted by molar-refractivity contribution is 5.91. The van der Waals surface area contributed by atoms with Gasteiger partial charge in [-0.05, 0) is 37.8 Å². The lowest BCUT2D eigenvalue weighted by molar-refractivity contribution is 0.356. The first-order chi connectivity index (χ1) is 13.1.